The van der Waals surface area contributed by atoms with Crippen LogP contribution in [0.3, 0.4) is 0 Å². The number of hydrogen-bond acceptors (Lipinski definition) is 4. The Labute approximate surface area is 117 Å². The standard InChI is InChI=1S/C11H15N3O3S2/c1-13-10(15)5-6-14-19(16,17)9-4-2-3-8(7-9)11(12)18/h2-4,7,14H,5-6H2,1H3,(H2,12,18)(H,13,15). The molecule has 0 saturated carbocycles. The number of carbonyl (C=O) groups is 1. The number of benzene rings is 1. The Bertz CT molecular complexity index is 585. The highest BCUT2D eigenvalue weighted by molar-refractivity contribution is 7.89. The second-order valence-electron chi connectivity index (χ2n) is 3.71. The van der Waals surface area contributed by atoms with Crippen LogP contribution in [0.1, 0.15) is 12.0 Å². The van der Waals surface area contributed by atoms with Gasteiger partial charge in [0.25, 0.3) is 0 Å². The molecule has 19 heavy (non-hydrogen) atoms. The molecular formula is C11H15N3O3S2. The molecule has 0 aliphatic carbocycles. The van der Waals surface area contributed by atoms with Gasteiger partial charge in [-0.2, -0.15) is 0 Å². The summed E-state index contributed by atoms with van der Waals surface area (Å²) in [5, 5.41) is 2.41. The van der Waals surface area contributed by atoms with Gasteiger partial charge in [0.15, 0.2) is 0 Å². The zero-order valence-electron chi connectivity index (χ0n) is 10.3. The second kappa shape index (κ2) is 6.60. The maximum atomic E-state index is 11.9. The summed E-state index contributed by atoms with van der Waals surface area (Å²) >= 11 is 4.79. The van der Waals surface area contributed by atoms with Crippen molar-refractivity contribution in [2.45, 2.75) is 11.3 Å². The molecule has 1 aromatic carbocycles. The number of sulfonamides is 1. The minimum Gasteiger partial charge on any atom is -0.389 e. The molecule has 0 heterocycles. The summed E-state index contributed by atoms with van der Waals surface area (Å²) < 4.78 is 26.2. The van der Waals surface area contributed by atoms with Crippen LogP contribution in [-0.4, -0.2) is 32.9 Å². The Morgan fingerprint density at radius 3 is 2.68 bits per heavy atom. The molecule has 4 N–H and O–H groups in total. The number of amides is 1. The molecular weight excluding hydrogens is 286 g/mol. The topological polar surface area (TPSA) is 101 Å². The fraction of sp³-hybridized carbons (Fsp3) is 0.273. The Morgan fingerprint density at radius 2 is 2.11 bits per heavy atom. The molecule has 0 atom stereocenters. The molecule has 0 aliphatic heterocycles. The van der Waals surface area contributed by atoms with E-state index in [0.717, 1.165) is 0 Å². The largest absolute Gasteiger partial charge is 0.389 e. The average Bonchev–Trinajstić information content (AvgIpc) is 2.38. The maximum Gasteiger partial charge on any atom is 0.240 e. The highest BCUT2D eigenvalue weighted by atomic mass is 32.2. The molecule has 0 saturated heterocycles. The molecule has 0 fully saturated rings. The lowest BCUT2D eigenvalue weighted by molar-refractivity contribution is -0.120. The molecule has 8 heteroatoms. The minimum atomic E-state index is -3.67. The van der Waals surface area contributed by atoms with Crippen molar-refractivity contribution in [3.8, 4) is 0 Å². The third-order valence-electron chi connectivity index (χ3n) is 2.35. The van der Waals surface area contributed by atoms with E-state index in [-0.39, 0.29) is 28.8 Å². The first-order valence-corrected chi connectivity index (χ1v) is 7.36. The zero-order chi connectivity index (χ0) is 14.5. The van der Waals surface area contributed by atoms with E-state index >= 15 is 0 Å². The Hall–Kier alpha value is -1.51. The van der Waals surface area contributed by atoms with Gasteiger partial charge in [-0.25, -0.2) is 13.1 Å². The maximum absolute atomic E-state index is 11.9. The highest BCUT2D eigenvalue weighted by Crippen LogP contribution is 2.11. The van der Waals surface area contributed by atoms with Gasteiger partial charge in [-0.05, 0) is 12.1 Å². The second-order valence-corrected chi connectivity index (χ2v) is 5.92. The predicted molar refractivity (Wildman–Crippen MR) is 76.2 cm³/mol. The fourth-order valence-electron chi connectivity index (χ4n) is 1.32. The van der Waals surface area contributed by atoms with Crippen LogP contribution >= 0.6 is 12.2 Å². The SMILES string of the molecule is CNC(=O)CCNS(=O)(=O)c1cccc(C(N)=S)c1. The Balaban J connectivity index is 2.80. The van der Waals surface area contributed by atoms with Crippen LogP contribution in [0.25, 0.3) is 0 Å². The van der Waals surface area contributed by atoms with Crippen molar-refractivity contribution in [1.29, 1.82) is 0 Å². The Kier molecular flexibility index (Phi) is 5.40. The van der Waals surface area contributed by atoms with Crippen molar-refractivity contribution in [2.24, 2.45) is 5.73 Å². The summed E-state index contributed by atoms with van der Waals surface area (Å²) in [6.07, 6.45) is 0.0741. The number of carbonyl (C=O) groups excluding carboxylic acids is 1. The zero-order valence-corrected chi connectivity index (χ0v) is 12.0. The summed E-state index contributed by atoms with van der Waals surface area (Å²) in [6, 6.07) is 6.02. The van der Waals surface area contributed by atoms with Gasteiger partial charge < -0.3 is 11.1 Å². The molecule has 1 rings (SSSR count). The number of nitrogens with one attached hydrogen (secondary N) is 2. The highest BCUT2D eigenvalue weighted by Gasteiger charge is 2.14. The van der Waals surface area contributed by atoms with E-state index in [0.29, 0.717) is 5.56 Å². The minimum absolute atomic E-state index is 0.0271. The third-order valence-corrected chi connectivity index (χ3v) is 4.05. The monoisotopic (exact) mass is 301 g/mol. The molecule has 0 spiro atoms. The van der Waals surface area contributed by atoms with Gasteiger partial charge in [0.05, 0.1) is 4.90 Å². The van der Waals surface area contributed by atoms with Crippen molar-refractivity contribution in [1.82, 2.24) is 10.0 Å². The van der Waals surface area contributed by atoms with E-state index in [4.69, 9.17) is 18.0 Å². The van der Waals surface area contributed by atoms with Gasteiger partial charge in [-0.15, -0.1) is 0 Å². The normalized spacial score (nSPS) is 11.0. The van der Waals surface area contributed by atoms with Crippen LogP contribution in [0.2, 0.25) is 0 Å². The molecule has 6 nitrogen and oxygen atoms in total. The van der Waals surface area contributed by atoms with Crippen LogP contribution in [0, 0.1) is 0 Å². The smallest absolute Gasteiger partial charge is 0.240 e. The summed E-state index contributed by atoms with van der Waals surface area (Å²) in [5.41, 5.74) is 5.92. The lowest BCUT2D eigenvalue weighted by Crippen LogP contribution is -2.29. The lowest BCUT2D eigenvalue weighted by Gasteiger charge is -2.07. The van der Waals surface area contributed by atoms with Crippen LogP contribution in [0.15, 0.2) is 29.2 Å². The van der Waals surface area contributed by atoms with Crippen LogP contribution in [0.5, 0.6) is 0 Å². The number of thiocarbonyl (C=S) groups is 1. The van der Waals surface area contributed by atoms with Crippen molar-refractivity contribution >= 4 is 33.1 Å². The van der Waals surface area contributed by atoms with E-state index in [1.165, 1.54) is 19.2 Å². The van der Waals surface area contributed by atoms with Crippen molar-refractivity contribution in [3.63, 3.8) is 0 Å². The molecule has 0 bridgehead atoms. The van der Waals surface area contributed by atoms with Crippen molar-refractivity contribution in [3.05, 3.63) is 29.8 Å². The number of rotatable bonds is 6. The lowest BCUT2D eigenvalue weighted by atomic mass is 10.2. The predicted octanol–water partition coefficient (Wildman–Crippen LogP) is -0.265. The molecule has 104 valence electrons. The quantitative estimate of drug-likeness (QED) is 0.628. The number of nitrogens with two attached hydrogens (primary N) is 1. The van der Waals surface area contributed by atoms with Crippen molar-refractivity contribution in [2.75, 3.05) is 13.6 Å². The first-order valence-electron chi connectivity index (χ1n) is 5.47. The first kappa shape index (κ1) is 15.5. The van der Waals surface area contributed by atoms with E-state index in [9.17, 15) is 13.2 Å². The molecule has 0 radical (unpaired) electrons. The van der Waals surface area contributed by atoms with E-state index in [1.807, 2.05) is 0 Å². The molecule has 0 unspecified atom stereocenters. The summed E-state index contributed by atoms with van der Waals surface area (Å²) in [7, 11) is -2.18. The molecule has 1 amide bonds. The van der Waals surface area contributed by atoms with Crippen LogP contribution in [0.4, 0.5) is 0 Å². The molecule has 0 aromatic heterocycles. The van der Waals surface area contributed by atoms with Gasteiger partial charge in [0, 0.05) is 25.6 Å². The first-order chi connectivity index (χ1) is 8.86. The van der Waals surface area contributed by atoms with Gasteiger partial charge >= 0.3 is 0 Å². The summed E-state index contributed by atoms with van der Waals surface area (Å²) in [4.78, 5) is 11.2. The number of hydrogen-bond donors (Lipinski definition) is 3. The van der Waals surface area contributed by atoms with E-state index in [2.05, 4.69) is 10.0 Å². The van der Waals surface area contributed by atoms with Gasteiger partial charge in [0.1, 0.15) is 4.99 Å². The fourth-order valence-corrected chi connectivity index (χ4v) is 2.53. The third kappa shape index (κ3) is 4.58. The Morgan fingerprint density at radius 1 is 1.42 bits per heavy atom. The van der Waals surface area contributed by atoms with Crippen LogP contribution < -0.4 is 15.8 Å². The summed E-state index contributed by atoms with van der Waals surface area (Å²) in [6.45, 7) is 0.0271. The summed E-state index contributed by atoms with van der Waals surface area (Å²) in [5.74, 6) is -0.236. The molecule has 0 aliphatic rings. The van der Waals surface area contributed by atoms with E-state index in [1.54, 1.807) is 12.1 Å². The van der Waals surface area contributed by atoms with Gasteiger partial charge in [-0.3, -0.25) is 4.79 Å². The molecule has 1 aromatic rings. The average molecular weight is 301 g/mol. The van der Waals surface area contributed by atoms with Crippen molar-refractivity contribution < 1.29 is 13.2 Å². The van der Waals surface area contributed by atoms with Crippen LogP contribution in [-0.2, 0) is 14.8 Å². The van der Waals surface area contributed by atoms with E-state index < -0.39 is 10.0 Å². The van der Waals surface area contributed by atoms with Gasteiger partial charge in [-0.1, -0.05) is 24.4 Å². The van der Waals surface area contributed by atoms with Gasteiger partial charge in [0.2, 0.25) is 15.9 Å².